The SMILES string of the molecule is Cn1ccc([C@H]2CCc3cc(O)ccc3[C@H]2c2ccc(N3CCC(CN4CCN(c5ccc6c(c5)CN([C@H]5CCC(=O)NC5=O)C6=O)CC4)CC3)cc2)n1. The van der Waals surface area contributed by atoms with Gasteiger partial charge in [0.1, 0.15) is 11.8 Å². The van der Waals surface area contributed by atoms with Gasteiger partial charge in [0.05, 0.1) is 5.69 Å². The summed E-state index contributed by atoms with van der Waals surface area (Å²) in [6, 6.07) is 22.8. The van der Waals surface area contributed by atoms with E-state index in [1.54, 1.807) is 4.90 Å². The van der Waals surface area contributed by atoms with Crippen LogP contribution in [0.15, 0.2) is 72.9 Å². The first-order chi connectivity index (χ1) is 26.3. The molecule has 5 heterocycles. The lowest BCUT2D eigenvalue weighted by atomic mass is 9.70. The molecule has 1 aromatic heterocycles. The van der Waals surface area contributed by atoms with Gasteiger partial charge < -0.3 is 19.8 Å². The number of phenols is 1. The minimum Gasteiger partial charge on any atom is -0.508 e. The van der Waals surface area contributed by atoms with Crippen LogP contribution >= 0.6 is 0 Å². The predicted octanol–water partition coefficient (Wildman–Crippen LogP) is 4.79. The molecule has 9 rings (SSSR count). The molecule has 4 aliphatic heterocycles. The van der Waals surface area contributed by atoms with Crippen LogP contribution in [0.5, 0.6) is 5.75 Å². The molecule has 11 heteroatoms. The summed E-state index contributed by atoms with van der Waals surface area (Å²) in [6.07, 6.45) is 7.00. The van der Waals surface area contributed by atoms with Crippen molar-refractivity contribution in [1.29, 1.82) is 0 Å². The average molecular weight is 728 g/mol. The van der Waals surface area contributed by atoms with E-state index in [0.29, 0.717) is 36.1 Å². The van der Waals surface area contributed by atoms with E-state index in [9.17, 15) is 19.5 Å². The Balaban J connectivity index is 0.780. The molecule has 0 spiro atoms. The summed E-state index contributed by atoms with van der Waals surface area (Å²) < 4.78 is 1.90. The van der Waals surface area contributed by atoms with E-state index < -0.39 is 6.04 Å². The maximum atomic E-state index is 13.1. The van der Waals surface area contributed by atoms with Crippen LogP contribution in [-0.4, -0.2) is 94.3 Å². The molecule has 0 radical (unpaired) electrons. The van der Waals surface area contributed by atoms with Crippen molar-refractivity contribution in [2.24, 2.45) is 13.0 Å². The molecule has 3 amide bonds. The first-order valence-electron chi connectivity index (χ1n) is 19.7. The first kappa shape index (κ1) is 34.6. The number of nitrogens with zero attached hydrogens (tertiary/aromatic N) is 6. The Morgan fingerprint density at radius 3 is 2.28 bits per heavy atom. The molecule has 0 unspecified atom stereocenters. The second-order valence-corrected chi connectivity index (χ2v) is 16.0. The van der Waals surface area contributed by atoms with Gasteiger partial charge in [-0.25, -0.2) is 0 Å². The van der Waals surface area contributed by atoms with Crippen LogP contribution in [0.2, 0.25) is 0 Å². The molecule has 280 valence electrons. The van der Waals surface area contributed by atoms with Gasteiger partial charge in [0, 0.05) is 101 Å². The van der Waals surface area contributed by atoms with Gasteiger partial charge in [0.2, 0.25) is 11.8 Å². The largest absolute Gasteiger partial charge is 0.508 e. The van der Waals surface area contributed by atoms with Crippen molar-refractivity contribution in [3.63, 3.8) is 0 Å². The summed E-state index contributed by atoms with van der Waals surface area (Å²) in [6.45, 7) is 7.60. The summed E-state index contributed by atoms with van der Waals surface area (Å²) in [5, 5.41) is 17.4. The van der Waals surface area contributed by atoms with Crippen molar-refractivity contribution in [3.8, 4) is 5.75 Å². The minimum atomic E-state index is -0.587. The number of piperidine rings is 2. The highest BCUT2D eigenvalue weighted by molar-refractivity contribution is 6.05. The van der Waals surface area contributed by atoms with E-state index in [-0.39, 0.29) is 30.1 Å². The third-order valence-electron chi connectivity index (χ3n) is 12.7. The van der Waals surface area contributed by atoms with Crippen LogP contribution in [0.4, 0.5) is 11.4 Å². The third-order valence-corrected chi connectivity index (χ3v) is 12.7. The Bertz CT molecular complexity index is 2060. The molecule has 3 saturated heterocycles. The van der Waals surface area contributed by atoms with Gasteiger partial charge in [-0.05, 0) is 109 Å². The molecular weight excluding hydrogens is 679 g/mol. The number of aromatic nitrogens is 2. The fraction of sp³-hybridized carbons (Fsp3) is 0.442. The predicted molar refractivity (Wildman–Crippen MR) is 207 cm³/mol. The van der Waals surface area contributed by atoms with Crippen molar-refractivity contribution in [2.45, 2.75) is 62.9 Å². The lowest BCUT2D eigenvalue weighted by Gasteiger charge is -2.40. The molecule has 5 aliphatic rings. The summed E-state index contributed by atoms with van der Waals surface area (Å²) in [7, 11) is 1.98. The van der Waals surface area contributed by atoms with E-state index in [0.717, 1.165) is 75.6 Å². The van der Waals surface area contributed by atoms with Gasteiger partial charge in [-0.2, -0.15) is 5.10 Å². The molecule has 0 bridgehead atoms. The zero-order valence-electron chi connectivity index (χ0n) is 31.0. The number of hydrogen-bond donors (Lipinski definition) is 2. The fourth-order valence-electron chi connectivity index (χ4n) is 9.75. The van der Waals surface area contributed by atoms with Crippen molar-refractivity contribution < 1.29 is 19.5 Å². The Hall–Kier alpha value is -5.16. The van der Waals surface area contributed by atoms with Crippen molar-refractivity contribution in [1.82, 2.24) is 24.9 Å². The minimum absolute atomic E-state index is 0.123. The number of carbonyl (C=O) groups is 3. The third kappa shape index (κ3) is 6.63. The highest BCUT2D eigenvalue weighted by atomic mass is 16.3. The second kappa shape index (κ2) is 14.2. The molecule has 54 heavy (non-hydrogen) atoms. The van der Waals surface area contributed by atoms with Gasteiger partial charge in [0.15, 0.2) is 0 Å². The van der Waals surface area contributed by atoms with Crippen LogP contribution < -0.4 is 15.1 Å². The lowest BCUT2D eigenvalue weighted by Crippen LogP contribution is -2.52. The van der Waals surface area contributed by atoms with Gasteiger partial charge in [-0.3, -0.25) is 29.3 Å². The first-order valence-corrected chi connectivity index (χ1v) is 19.7. The topological polar surface area (TPSA) is 114 Å². The summed E-state index contributed by atoms with van der Waals surface area (Å²) in [4.78, 5) is 46.4. The zero-order chi connectivity index (χ0) is 36.9. The van der Waals surface area contributed by atoms with Crippen LogP contribution in [0.3, 0.4) is 0 Å². The maximum Gasteiger partial charge on any atom is 0.255 e. The number of phenolic OH excluding ortho intramolecular Hbond substituents is 1. The number of rotatable bonds is 7. The quantitative estimate of drug-likeness (QED) is 0.262. The molecule has 11 nitrogen and oxygen atoms in total. The maximum absolute atomic E-state index is 13.1. The van der Waals surface area contributed by atoms with Crippen molar-refractivity contribution in [2.75, 3.05) is 55.6 Å². The standard InChI is InChI=1S/C43H49N7O4/c1-46-17-16-38(45-46)37-9-4-30-25-34(51)8-11-35(30)41(37)29-2-5-32(6-3-29)48-18-14-28(15-19-48)26-47-20-22-49(23-21-47)33-7-10-36-31(24-33)27-50(43(36)54)39-12-13-40(52)44-42(39)53/h2-3,5-8,10-11,16-17,24-25,28,37,39,41,51H,4,9,12-15,18-23,26-27H2,1H3,(H,44,52,53)/t37-,39+,41-/m1/s1. The monoisotopic (exact) mass is 727 g/mol. The lowest BCUT2D eigenvalue weighted by molar-refractivity contribution is -0.136. The number of aryl methyl sites for hydroxylation is 2. The second-order valence-electron chi connectivity index (χ2n) is 16.0. The Kier molecular flexibility index (Phi) is 9.13. The molecule has 3 atom stereocenters. The highest BCUT2D eigenvalue weighted by Crippen LogP contribution is 2.47. The molecule has 3 fully saturated rings. The summed E-state index contributed by atoms with van der Waals surface area (Å²) >= 11 is 0. The summed E-state index contributed by atoms with van der Waals surface area (Å²) in [5.41, 5.74) is 9.01. The van der Waals surface area contributed by atoms with E-state index in [4.69, 9.17) is 5.10 Å². The Morgan fingerprint density at radius 1 is 0.778 bits per heavy atom. The molecular formula is C43H49N7O4. The van der Waals surface area contributed by atoms with Gasteiger partial charge in [0.25, 0.3) is 5.91 Å². The van der Waals surface area contributed by atoms with Crippen LogP contribution in [0.1, 0.15) is 82.2 Å². The van der Waals surface area contributed by atoms with Gasteiger partial charge in [-0.15, -0.1) is 0 Å². The van der Waals surface area contributed by atoms with Crippen LogP contribution in [-0.2, 0) is 29.6 Å². The number of benzene rings is 3. The van der Waals surface area contributed by atoms with Gasteiger partial charge >= 0.3 is 0 Å². The number of aromatic hydroxyl groups is 1. The smallest absolute Gasteiger partial charge is 0.255 e. The van der Waals surface area contributed by atoms with E-state index in [1.807, 2.05) is 42.2 Å². The number of anilines is 2. The Labute approximate surface area is 316 Å². The number of fused-ring (bicyclic) bond motifs is 2. The number of piperazine rings is 1. The molecule has 4 aromatic rings. The van der Waals surface area contributed by atoms with Crippen molar-refractivity contribution >= 4 is 29.1 Å². The number of carbonyl (C=O) groups excluding carboxylic acids is 3. The van der Waals surface area contributed by atoms with E-state index >= 15 is 0 Å². The van der Waals surface area contributed by atoms with E-state index in [2.05, 4.69) is 62.5 Å². The van der Waals surface area contributed by atoms with Gasteiger partial charge in [-0.1, -0.05) is 18.2 Å². The van der Waals surface area contributed by atoms with Crippen molar-refractivity contribution in [3.05, 3.63) is 106 Å². The van der Waals surface area contributed by atoms with Crippen LogP contribution in [0, 0.1) is 5.92 Å². The molecule has 2 N–H and O–H groups in total. The number of imide groups is 1. The Morgan fingerprint density at radius 2 is 1.54 bits per heavy atom. The number of nitrogens with one attached hydrogen (secondary N) is 1. The normalized spacial score (nSPS) is 23.8. The molecule has 1 aliphatic carbocycles. The van der Waals surface area contributed by atoms with E-state index in [1.165, 1.54) is 35.2 Å². The number of hydrogen-bond acceptors (Lipinski definition) is 8. The van der Waals surface area contributed by atoms with Crippen LogP contribution in [0.25, 0.3) is 0 Å². The zero-order valence-corrected chi connectivity index (χ0v) is 31.0. The molecule has 3 aromatic carbocycles. The highest BCUT2D eigenvalue weighted by Gasteiger charge is 2.39. The molecule has 0 saturated carbocycles. The fourth-order valence-corrected chi connectivity index (χ4v) is 9.75. The number of amides is 3. The average Bonchev–Trinajstić information content (AvgIpc) is 3.77. The summed E-state index contributed by atoms with van der Waals surface area (Å²) in [5.74, 6) is 0.754.